The summed E-state index contributed by atoms with van der Waals surface area (Å²) in [5.41, 5.74) is 1.42. The molecule has 0 spiro atoms. The number of rotatable bonds is 5. The van der Waals surface area contributed by atoms with E-state index < -0.39 is 15.4 Å². The molecule has 1 aliphatic heterocycles. The number of hydrogen-bond acceptors (Lipinski definition) is 5. The zero-order chi connectivity index (χ0) is 18.9. The van der Waals surface area contributed by atoms with E-state index in [1.54, 1.807) is 36.4 Å². The molecule has 0 saturated carbocycles. The van der Waals surface area contributed by atoms with Crippen LogP contribution < -0.4 is 0 Å². The Morgan fingerprint density at radius 3 is 2.41 bits per heavy atom. The minimum Gasteiger partial charge on any atom is -0.465 e. The van der Waals surface area contributed by atoms with E-state index in [2.05, 4.69) is 5.16 Å². The molecule has 0 fully saturated rings. The standard InChI is InChI=1S/C21H19NO4S/c1-16-9-11-18(12-10-16)27(23,24)15-21(20-8-5-13-25-20)14-19(22-26-21)17-6-3-2-4-7-17/h2-13H,14-15H2,1H3/t21-/m1/s1. The van der Waals surface area contributed by atoms with Crippen LogP contribution in [0.25, 0.3) is 0 Å². The highest BCUT2D eigenvalue weighted by Gasteiger charge is 2.47. The summed E-state index contributed by atoms with van der Waals surface area (Å²) in [7, 11) is -3.61. The van der Waals surface area contributed by atoms with E-state index in [9.17, 15) is 8.42 Å². The van der Waals surface area contributed by atoms with Gasteiger partial charge >= 0.3 is 0 Å². The van der Waals surface area contributed by atoms with Gasteiger partial charge in [0.25, 0.3) is 0 Å². The van der Waals surface area contributed by atoms with Gasteiger partial charge in [0.2, 0.25) is 5.60 Å². The van der Waals surface area contributed by atoms with Gasteiger partial charge in [-0.1, -0.05) is 53.2 Å². The highest BCUT2D eigenvalue weighted by atomic mass is 32.2. The van der Waals surface area contributed by atoms with E-state index in [4.69, 9.17) is 9.25 Å². The van der Waals surface area contributed by atoms with E-state index >= 15 is 0 Å². The maximum absolute atomic E-state index is 13.1. The van der Waals surface area contributed by atoms with Crippen LogP contribution in [0.15, 0.2) is 87.5 Å². The Labute approximate surface area is 158 Å². The maximum atomic E-state index is 13.1. The van der Waals surface area contributed by atoms with Gasteiger partial charge in [-0.2, -0.15) is 0 Å². The SMILES string of the molecule is Cc1ccc(S(=O)(=O)C[C@@]2(c3ccco3)CC(c3ccccc3)=NO2)cc1. The van der Waals surface area contributed by atoms with Gasteiger partial charge < -0.3 is 9.25 Å². The minimum atomic E-state index is -3.61. The third-order valence-corrected chi connectivity index (χ3v) is 6.50. The number of furan rings is 1. The van der Waals surface area contributed by atoms with Crippen molar-refractivity contribution in [2.24, 2.45) is 5.16 Å². The van der Waals surface area contributed by atoms with Crippen molar-refractivity contribution >= 4 is 15.5 Å². The lowest BCUT2D eigenvalue weighted by atomic mass is 9.93. The Morgan fingerprint density at radius 1 is 1.00 bits per heavy atom. The summed E-state index contributed by atoms with van der Waals surface area (Å²) < 4.78 is 31.7. The molecule has 0 radical (unpaired) electrons. The largest absolute Gasteiger partial charge is 0.465 e. The summed E-state index contributed by atoms with van der Waals surface area (Å²) in [4.78, 5) is 6.01. The molecule has 0 saturated heterocycles. The molecule has 138 valence electrons. The quantitative estimate of drug-likeness (QED) is 0.668. The van der Waals surface area contributed by atoms with Crippen LogP contribution in [0, 0.1) is 6.92 Å². The average Bonchev–Trinajstić information content (AvgIpc) is 3.33. The Bertz CT molecular complexity index is 1060. The molecular formula is C21H19NO4S. The fourth-order valence-electron chi connectivity index (χ4n) is 3.22. The first-order valence-corrected chi connectivity index (χ1v) is 10.3. The second-order valence-electron chi connectivity index (χ2n) is 6.72. The predicted molar refractivity (Wildman–Crippen MR) is 102 cm³/mol. The van der Waals surface area contributed by atoms with Crippen molar-refractivity contribution in [2.75, 3.05) is 5.75 Å². The Kier molecular flexibility index (Phi) is 4.36. The van der Waals surface area contributed by atoms with Gasteiger partial charge in [-0.05, 0) is 36.8 Å². The number of sulfone groups is 1. The monoisotopic (exact) mass is 381 g/mol. The number of benzene rings is 2. The molecular weight excluding hydrogens is 362 g/mol. The van der Waals surface area contributed by atoms with E-state index in [0.717, 1.165) is 11.1 Å². The minimum absolute atomic E-state index is 0.254. The van der Waals surface area contributed by atoms with Gasteiger partial charge in [0.05, 0.1) is 16.9 Å². The summed E-state index contributed by atoms with van der Waals surface area (Å²) in [6, 6.07) is 19.9. The number of aryl methyl sites for hydroxylation is 1. The number of hydrogen-bond donors (Lipinski definition) is 0. The highest BCUT2D eigenvalue weighted by Crippen LogP contribution is 2.39. The zero-order valence-corrected chi connectivity index (χ0v) is 15.6. The molecule has 0 unspecified atom stereocenters. The summed E-state index contributed by atoms with van der Waals surface area (Å²) in [5, 5.41) is 4.20. The Balaban J connectivity index is 1.69. The Morgan fingerprint density at radius 2 is 1.74 bits per heavy atom. The first-order valence-electron chi connectivity index (χ1n) is 8.62. The number of nitrogens with zero attached hydrogens (tertiary/aromatic N) is 1. The van der Waals surface area contributed by atoms with Gasteiger partial charge in [0.15, 0.2) is 15.6 Å². The van der Waals surface area contributed by atoms with Crippen LogP contribution in [0.4, 0.5) is 0 Å². The average molecular weight is 381 g/mol. The molecule has 0 aliphatic carbocycles. The summed E-state index contributed by atoms with van der Waals surface area (Å²) >= 11 is 0. The van der Waals surface area contributed by atoms with Crippen LogP contribution in [0.5, 0.6) is 0 Å². The lowest BCUT2D eigenvalue weighted by Crippen LogP contribution is -2.35. The molecule has 0 N–H and O–H groups in total. The van der Waals surface area contributed by atoms with Gasteiger partial charge in [-0.25, -0.2) is 8.42 Å². The summed E-state index contributed by atoms with van der Waals surface area (Å²) in [6.07, 6.45) is 1.83. The fraction of sp³-hybridized carbons (Fsp3) is 0.190. The van der Waals surface area contributed by atoms with Gasteiger partial charge in [0.1, 0.15) is 5.75 Å². The maximum Gasteiger partial charge on any atom is 0.214 e. The number of oxime groups is 1. The van der Waals surface area contributed by atoms with Crippen LogP contribution >= 0.6 is 0 Å². The molecule has 6 heteroatoms. The van der Waals surface area contributed by atoms with Crippen molar-refractivity contribution in [3.8, 4) is 0 Å². The van der Waals surface area contributed by atoms with Crippen molar-refractivity contribution < 1.29 is 17.7 Å². The highest BCUT2D eigenvalue weighted by molar-refractivity contribution is 7.91. The molecule has 2 aromatic carbocycles. The first-order chi connectivity index (χ1) is 13.0. The van der Waals surface area contributed by atoms with E-state index in [1.807, 2.05) is 37.3 Å². The first kappa shape index (κ1) is 17.5. The van der Waals surface area contributed by atoms with Gasteiger partial charge in [-0.3, -0.25) is 0 Å². The van der Waals surface area contributed by atoms with E-state index in [0.29, 0.717) is 17.9 Å². The van der Waals surface area contributed by atoms with Crippen LogP contribution in [0.2, 0.25) is 0 Å². The van der Waals surface area contributed by atoms with Crippen LogP contribution in [-0.2, 0) is 20.3 Å². The smallest absolute Gasteiger partial charge is 0.214 e. The predicted octanol–water partition coefficient (Wildman–Crippen LogP) is 4.08. The molecule has 0 amide bonds. The van der Waals surface area contributed by atoms with Crippen LogP contribution in [0.3, 0.4) is 0 Å². The molecule has 1 aliphatic rings. The molecule has 3 aromatic rings. The third kappa shape index (κ3) is 3.40. The van der Waals surface area contributed by atoms with Gasteiger partial charge in [-0.15, -0.1) is 0 Å². The molecule has 0 bridgehead atoms. The van der Waals surface area contributed by atoms with Crippen molar-refractivity contribution in [3.05, 3.63) is 89.9 Å². The second-order valence-corrected chi connectivity index (χ2v) is 8.71. The zero-order valence-electron chi connectivity index (χ0n) is 14.8. The molecule has 5 nitrogen and oxygen atoms in total. The van der Waals surface area contributed by atoms with Crippen LogP contribution in [-0.4, -0.2) is 19.9 Å². The topological polar surface area (TPSA) is 68.9 Å². The molecule has 27 heavy (non-hydrogen) atoms. The summed E-state index contributed by atoms with van der Waals surface area (Å²) in [5.74, 6) is 0.198. The third-order valence-electron chi connectivity index (χ3n) is 4.66. The Hall–Kier alpha value is -2.86. The molecule has 4 rings (SSSR count). The van der Waals surface area contributed by atoms with Crippen molar-refractivity contribution in [3.63, 3.8) is 0 Å². The van der Waals surface area contributed by atoms with Gasteiger partial charge in [0, 0.05) is 6.42 Å². The van der Waals surface area contributed by atoms with Crippen molar-refractivity contribution in [2.45, 2.75) is 23.8 Å². The molecule has 1 aromatic heterocycles. The summed E-state index contributed by atoms with van der Waals surface area (Å²) in [6.45, 7) is 1.92. The second kappa shape index (κ2) is 6.70. The van der Waals surface area contributed by atoms with Crippen molar-refractivity contribution in [1.29, 1.82) is 0 Å². The van der Waals surface area contributed by atoms with Crippen molar-refractivity contribution in [1.82, 2.24) is 0 Å². The normalized spacial score (nSPS) is 19.5. The lowest BCUT2D eigenvalue weighted by Gasteiger charge is -2.24. The molecule has 1 atom stereocenters. The lowest BCUT2D eigenvalue weighted by molar-refractivity contribution is -0.0208. The van der Waals surface area contributed by atoms with Crippen LogP contribution in [0.1, 0.15) is 23.3 Å². The molecule has 2 heterocycles. The van der Waals surface area contributed by atoms with E-state index in [-0.39, 0.29) is 10.6 Å². The van der Waals surface area contributed by atoms with E-state index in [1.165, 1.54) is 6.26 Å². The fourth-order valence-corrected chi connectivity index (χ4v) is 4.85.